The van der Waals surface area contributed by atoms with Crippen molar-refractivity contribution in [3.8, 4) is 0 Å². The third-order valence-electron chi connectivity index (χ3n) is 6.10. The van der Waals surface area contributed by atoms with Gasteiger partial charge in [-0.05, 0) is 24.6 Å². The monoisotopic (exact) mass is 408 g/mol. The minimum atomic E-state index is -0.191. The summed E-state index contributed by atoms with van der Waals surface area (Å²) >= 11 is 0. The molecule has 3 heterocycles. The van der Waals surface area contributed by atoms with E-state index in [4.69, 9.17) is 0 Å². The number of amides is 3. The second-order valence-corrected chi connectivity index (χ2v) is 8.09. The van der Waals surface area contributed by atoms with Crippen LogP contribution in [0.25, 0.3) is 0 Å². The number of carbonyl (C=O) groups excluding carboxylic acids is 3. The number of carbonyl (C=O) groups is 3. The van der Waals surface area contributed by atoms with Crippen molar-refractivity contribution in [2.75, 3.05) is 32.7 Å². The van der Waals surface area contributed by atoms with Gasteiger partial charge >= 0.3 is 0 Å². The van der Waals surface area contributed by atoms with E-state index in [-0.39, 0.29) is 30.2 Å². The molecule has 1 atom stereocenters. The topological polar surface area (TPSA) is 65.9 Å². The third kappa shape index (κ3) is 3.97. The Hall–Kier alpha value is -3.09. The van der Waals surface area contributed by atoms with Crippen LogP contribution >= 0.6 is 0 Å². The smallest absolute Gasteiger partial charge is 0.232 e. The minimum Gasteiger partial charge on any atom is -0.348 e. The molecule has 0 unspecified atom stereocenters. The molecule has 0 radical (unpaired) electrons. The highest BCUT2D eigenvalue weighted by Gasteiger charge is 2.34. The van der Waals surface area contributed by atoms with Crippen LogP contribution in [-0.4, -0.2) is 69.7 Å². The molecule has 0 bridgehead atoms. The van der Waals surface area contributed by atoms with E-state index < -0.39 is 0 Å². The summed E-state index contributed by atoms with van der Waals surface area (Å²) < 4.78 is 2.18. The highest BCUT2D eigenvalue weighted by molar-refractivity contribution is 5.97. The normalized spacial score (nSPS) is 18.9. The Balaban J connectivity index is 1.50. The fourth-order valence-corrected chi connectivity index (χ4v) is 4.46. The lowest BCUT2D eigenvalue weighted by Crippen LogP contribution is -2.51. The Bertz CT molecular complexity index is 959. The molecule has 2 aliphatic heterocycles. The first kappa shape index (κ1) is 20.2. The Morgan fingerprint density at radius 1 is 0.900 bits per heavy atom. The molecule has 158 valence electrons. The van der Waals surface area contributed by atoms with Crippen LogP contribution in [0.4, 0.5) is 0 Å². The first-order valence-corrected chi connectivity index (χ1v) is 10.5. The van der Waals surface area contributed by atoms with Gasteiger partial charge < -0.3 is 19.3 Å². The highest BCUT2D eigenvalue weighted by Crippen LogP contribution is 2.33. The van der Waals surface area contributed by atoms with E-state index in [9.17, 15) is 14.4 Å². The van der Waals surface area contributed by atoms with Crippen LogP contribution in [0.3, 0.4) is 0 Å². The second kappa shape index (κ2) is 8.34. The van der Waals surface area contributed by atoms with E-state index in [0.717, 1.165) is 23.4 Å². The summed E-state index contributed by atoms with van der Waals surface area (Å²) in [5.41, 5.74) is 3.27. The molecule has 1 aromatic carbocycles. The lowest BCUT2D eigenvalue weighted by molar-refractivity contribution is -0.145. The van der Waals surface area contributed by atoms with Crippen LogP contribution < -0.4 is 0 Å². The standard InChI is InChI=1S/C23H28N4O3/c1-17-5-3-6-19(15-17)23-20-7-4-8-25(20)13-14-27(23)22(30)16-21(29)26-11-9-24(10-12-26)18(2)28/h3-8,15,23H,9-14,16H2,1-2H3/t23-/m0/s1. The van der Waals surface area contributed by atoms with Gasteiger partial charge in [0.15, 0.2) is 0 Å². The number of benzene rings is 1. The van der Waals surface area contributed by atoms with E-state index in [1.165, 1.54) is 0 Å². The van der Waals surface area contributed by atoms with E-state index in [0.29, 0.717) is 32.7 Å². The fourth-order valence-electron chi connectivity index (χ4n) is 4.46. The van der Waals surface area contributed by atoms with Gasteiger partial charge in [0.05, 0.1) is 6.04 Å². The number of fused-ring (bicyclic) bond motifs is 1. The molecule has 3 amide bonds. The Morgan fingerprint density at radius 3 is 2.33 bits per heavy atom. The molecule has 0 saturated carbocycles. The average Bonchev–Trinajstić information content (AvgIpc) is 3.21. The zero-order chi connectivity index (χ0) is 21.3. The number of piperazine rings is 1. The van der Waals surface area contributed by atoms with Crippen molar-refractivity contribution in [1.29, 1.82) is 0 Å². The fraction of sp³-hybridized carbons (Fsp3) is 0.435. The van der Waals surface area contributed by atoms with Crippen molar-refractivity contribution >= 4 is 17.7 Å². The number of aryl methyl sites for hydroxylation is 1. The maximum absolute atomic E-state index is 13.2. The maximum Gasteiger partial charge on any atom is 0.232 e. The lowest BCUT2D eigenvalue weighted by atomic mass is 9.98. The third-order valence-corrected chi connectivity index (χ3v) is 6.10. The Morgan fingerprint density at radius 2 is 1.63 bits per heavy atom. The number of hydrogen-bond donors (Lipinski definition) is 0. The number of aromatic nitrogens is 1. The first-order valence-electron chi connectivity index (χ1n) is 10.5. The molecule has 0 spiro atoms. The quantitative estimate of drug-likeness (QED) is 0.728. The summed E-state index contributed by atoms with van der Waals surface area (Å²) in [6, 6.07) is 12.1. The molecule has 2 aromatic rings. The predicted molar refractivity (Wildman–Crippen MR) is 113 cm³/mol. The van der Waals surface area contributed by atoms with Crippen molar-refractivity contribution in [2.45, 2.75) is 32.9 Å². The van der Waals surface area contributed by atoms with Gasteiger partial charge in [0.25, 0.3) is 0 Å². The minimum absolute atomic E-state index is 0.0236. The maximum atomic E-state index is 13.2. The summed E-state index contributed by atoms with van der Waals surface area (Å²) in [7, 11) is 0. The van der Waals surface area contributed by atoms with Crippen LogP contribution in [0.1, 0.15) is 36.2 Å². The zero-order valence-electron chi connectivity index (χ0n) is 17.6. The Kier molecular flexibility index (Phi) is 5.61. The highest BCUT2D eigenvalue weighted by atomic mass is 16.2. The summed E-state index contributed by atoms with van der Waals surface area (Å²) in [4.78, 5) is 42.8. The van der Waals surface area contributed by atoms with E-state index in [1.807, 2.05) is 42.3 Å². The van der Waals surface area contributed by atoms with E-state index in [1.54, 1.807) is 16.7 Å². The van der Waals surface area contributed by atoms with Crippen molar-refractivity contribution in [1.82, 2.24) is 19.3 Å². The van der Waals surface area contributed by atoms with E-state index in [2.05, 4.69) is 16.7 Å². The van der Waals surface area contributed by atoms with Gasteiger partial charge in [0.2, 0.25) is 17.7 Å². The van der Waals surface area contributed by atoms with Crippen LogP contribution in [0, 0.1) is 6.92 Å². The van der Waals surface area contributed by atoms with Gasteiger partial charge in [-0.15, -0.1) is 0 Å². The summed E-state index contributed by atoms with van der Waals surface area (Å²) in [5, 5.41) is 0. The SMILES string of the molecule is CC(=O)N1CCN(C(=O)CC(=O)N2CCn3cccc3[C@@H]2c2cccc(C)c2)CC1. The molecule has 0 aliphatic carbocycles. The van der Waals surface area contributed by atoms with Crippen molar-refractivity contribution < 1.29 is 14.4 Å². The van der Waals surface area contributed by atoms with Crippen LogP contribution in [-0.2, 0) is 20.9 Å². The molecule has 2 aliphatic rings. The van der Waals surface area contributed by atoms with Gasteiger partial charge in [-0.1, -0.05) is 29.8 Å². The van der Waals surface area contributed by atoms with Gasteiger partial charge in [0.1, 0.15) is 6.42 Å². The Labute approximate surface area is 176 Å². The van der Waals surface area contributed by atoms with Crippen molar-refractivity contribution in [2.24, 2.45) is 0 Å². The van der Waals surface area contributed by atoms with Crippen LogP contribution in [0.15, 0.2) is 42.6 Å². The zero-order valence-corrected chi connectivity index (χ0v) is 17.6. The molecule has 30 heavy (non-hydrogen) atoms. The van der Waals surface area contributed by atoms with Crippen molar-refractivity contribution in [3.05, 3.63) is 59.4 Å². The predicted octanol–water partition coefficient (Wildman–Crippen LogP) is 1.81. The molecule has 7 nitrogen and oxygen atoms in total. The number of nitrogens with zero attached hydrogens (tertiary/aromatic N) is 4. The molecule has 1 fully saturated rings. The lowest BCUT2D eigenvalue weighted by Gasteiger charge is -2.38. The van der Waals surface area contributed by atoms with Crippen LogP contribution in [0.5, 0.6) is 0 Å². The summed E-state index contributed by atoms with van der Waals surface area (Å²) in [5.74, 6) is -0.282. The van der Waals surface area contributed by atoms with Gasteiger partial charge in [-0.25, -0.2) is 0 Å². The molecule has 1 aromatic heterocycles. The summed E-state index contributed by atoms with van der Waals surface area (Å²) in [6.45, 7) is 6.90. The number of hydrogen-bond acceptors (Lipinski definition) is 3. The first-order chi connectivity index (χ1) is 14.4. The van der Waals surface area contributed by atoms with Crippen molar-refractivity contribution in [3.63, 3.8) is 0 Å². The summed E-state index contributed by atoms with van der Waals surface area (Å²) in [6.07, 6.45) is 1.91. The van der Waals surface area contributed by atoms with Gasteiger partial charge in [-0.2, -0.15) is 0 Å². The molecule has 7 heteroatoms. The van der Waals surface area contributed by atoms with Crippen LogP contribution in [0.2, 0.25) is 0 Å². The molecular weight excluding hydrogens is 380 g/mol. The van der Waals surface area contributed by atoms with Gasteiger partial charge in [0, 0.05) is 58.1 Å². The second-order valence-electron chi connectivity index (χ2n) is 8.09. The molecule has 1 saturated heterocycles. The average molecular weight is 409 g/mol. The molecule has 0 N–H and O–H groups in total. The molecular formula is C23H28N4O3. The van der Waals surface area contributed by atoms with E-state index >= 15 is 0 Å². The molecule has 4 rings (SSSR count). The number of rotatable bonds is 3. The largest absolute Gasteiger partial charge is 0.348 e. The van der Waals surface area contributed by atoms with Gasteiger partial charge in [-0.3, -0.25) is 14.4 Å².